The van der Waals surface area contributed by atoms with Crippen molar-refractivity contribution in [2.24, 2.45) is 0 Å². The SMILES string of the molecule is O=c1ccn(CCCCCS)cc1[N+](=O)[O-]. The molecule has 88 valence electrons. The Labute approximate surface area is 98.7 Å². The number of nitro groups is 1. The molecule has 0 aliphatic rings. The van der Waals surface area contributed by atoms with E-state index >= 15 is 0 Å². The summed E-state index contributed by atoms with van der Waals surface area (Å²) in [5.41, 5.74) is -0.909. The molecular weight excluding hydrogens is 228 g/mol. The lowest BCUT2D eigenvalue weighted by molar-refractivity contribution is -0.386. The third-order valence-corrected chi connectivity index (χ3v) is 2.55. The zero-order chi connectivity index (χ0) is 12.0. The highest BCUT2D eigenvalue weighted by atomic mass is 32.1. The number of hydrogen-bond acceptors (Lipinski definition) is 4. The molecule has 0 bridgehead atoms. The minimum absolute atomic E-state index is 0.364. The van der Waals surface area contributed by atoms with Gasteiger partial charge < -0.3 is 4.57 Å². The minimum Gasteiger partial charge on any atom is -0.348 e. The lowest BCUT2D eigenvalue weighted by Gasteiger charge is -2.04. The molecular formula is C10H14N2O3S. The van der Waals surface area contributed by atoms with Crippen molar-refractivity contribution < 1.29 is 4.92 Å². The van der Waals surface area contributed by atoms with Crippen LogP contribution in [0.15, 0.2) is 23.3 Å². The zero-order valence-electron chi connectivity index (χ0n) is 8.83. The van der Waals surface area contributed by atoms with Crippen molar-refractivity contribution in [2.45, 2.75) is 25.8 Å². The summed E-state index contributed by atoms with van der Waals surface area (Å²) in [7, 11) is 0. The molecule has 1 aromatic heterocycles. The fourth-order valence-corrected chi connectivity index (χ4v) is 1.60. The number of pyridine rings is 1. The van der Waals surface area contributed by atoms with Crippen LogP contribution in [0.5, 0.6) is 0 Å². The van der Waals surface area contributed by atoms with E-state index in [2.05, 4.69) is 12.6 Å². The summed E-state index contributed by atoms with van der Waals surface area (Å²) >= 11 is 4.10. The summed E-state index contributed by atoms with van der Waals surface area (Å²) in [6.45, 7) is 0.689. The summed E-state index contributed by atoms with van der Waals surface area (Å²) in [5.74, 6) is 0.852. The second-order valence-electron chi connectivity index (χ2n) is 3.47. The molecule has 0 fully saturated rings. The second kappa shape index (κ2) is 6.32. The Balaban J connectivity index is 2.64. The Kier molecular flexibility index (Phi) is 5.04. The van der Waals surface area contributed by atoms with Crippen LogP contribution in [0.3, 0.4) is 0 Å². The number of aromatic nitrogens is 1. The molecule has 0 radical (unpaired) electrons. The van der Waals surface area contributed by atoms with Crippen molar-refractivity contribution in [1.82, 2.24) is 4.57 Å². The van der Waals surface area contributed by atoms with Gasteiger partial charge >= 0.3 is 5.69 Å². The van der Waals surface area contributed by atoms with Gasteiger partial charge in [-0.3, -0.25) is 14.9 Å². The first-order chi connectivity index (χ1) is 7.65. The third kappa shape index (κ3) is 3.69. The van der Waals surface area contributed by atoms with Gasteiger partial charge in [-0.15, -0.1) is 0 Å². The lowest BCUT2D eigenvalue weighted by atomic mass is 10.2. The van der Waals surface area contributed by atoms with E-state index in [4.69, 9.17) is 0 Å². The van der Waals surface area contributed by atoms with Crippen molar-refractivity contribution in [3.05, 3.63) is 38.8 Å². The molecule has 0 amide bonds. The topological polar surface area (TPSA) is 65.1 Å². The van der Waals surface area contributed by atoms with Gasteiger partial charge in [0.25, 0.3) is 5.43 Å². The van der Waals surface area contributed by atoms with Gasteiger partial charge in [-0.1, -0.05) is 6.42 Å². The summed E-state index contributed by atoms with van der Waals surface area (Å²) in [5, 5.41) is 10.5. The Morgan fingerprint density at radius 2 is 2.12 bits per heavy atom. The van der Waals surface area contributed by atoms with Gasteiger partial charge in [0, 0.05) is 18.8 Å². The average Bonchev–Trinajstić information content (AvgIpc) is 2.26. The third-order valence-electron chi connectivity index (χ3n) is 2.23. The van der Waals surface area contributed by atoms with Gasteiger partial charge in [0.2, 0.25) is 0 Å². The lowest BCUT2D eigenvalue weighted by Crippen LogP contribution is -2.11. The molecule has 0 unspecified atom stereocenters. The summed E-state index contributed by atoms with van der Waals surface area (Å²) in [4.78, 5) is 21.0. The van der Waals surface area contributed by atoms with Gasteiger partial charge in [0.05, 0.1) is 11.1 Å². The normalized spacial score (nSPS) is 10.3. The van der Waals surface area contributed by atoms with Crippen LogP contribution >= 0.6 is 12.6 Å². The van der Waals surface area contributed by atoms with E-state index < -0.39 is 10.4 Å². The van der Waals surface area contributed by atoms with Crippen LogP contribution in [0.2, 0.25) is 0 Å². The molecule has 0 spiro atoms. The van der Waals surface area contributed by atoms with E-state index in [1.54, 1.807) is 10.8 Å². The van der Waals surface area contributed by atoms with E-state index in [0.717, 1.165) is 25.0 Å². The fourth-order valence-electron chi connectivity index (χ4n) is 1.37. The number of nitrogens with zero attached hydrogens (tertiary/aromatic N) is 2. The van der Waals surface area contributed by atoms with Gasteiger partial charge in [0.1, 0.15) is 0 Å². The first-order valence-corrected chi connectivity index (χ1v) is 5.73. The van der Waals surface area contributed by atoms with Crippen LogP contribution in [-0.4, -0.2) is 15.2 Å². The number of hydrogen-bond donors (Lipinski definition) is 1. The molecule has 0 aliphatic carbocycles. The molecule has 5 nitrogen and oxygen atoms in total. The molecule has 0 aliphatic heterocycles. The van der Waals surface area contributed by atoms with Crippen molar-refractivity contribution in [3.8, 4) is 0 Å². The second-order valence-corrected chi connectivity index (χ2v) is 3.92. The molecule has 1 heterocycles. The number of rotatable bonds is 6. The van der Waals surface area contributed by atoms with Crippen molar-refractivity contribution in [3.63, 3.8) is 0 Å². The number of aryl methyl sites for hydroxylation is 1. The monoisotopic (exact) mass is 242 g/mol. The number of thiol groups is 1. The summed E-state index contributed by atoms with van der Waals surface area (Å²) in [6.07, 6.45) is 5.87. The van der Waals surface area contributed by atoms with E-state index in [9.17, 15) is 14.9 Å². The zero-order valence-corrected chi connectivity index (χ0v) is 9.73. The molecule has 0 aromatic carbocycles. The smallest absolute Gasteiger partial charge is 0.332 e. The molecule has 6 heteroatoms. The highest BCUT2D eigenvalue weighted by Crippen LogP contribution is 2.05. The minimum atomic E-state index is -0.646. The average molecular weight is 242 g/mol. The van der Waals surface area contributed by atoms with Crippen LogP contribution in [0.1, 0.15) is 19.3 Å². The quantitative estimate of drug-likeness (QED) is 0.358. The van der Waals surface area contributed by atoms with Crippen LogP contribution in [0.4, 0.5) is 5.69 Å². The molecule has 16 heavy (non-hydrogen) atoms. The first-order valence-electron chi connectivity index (χ1n) is 5.10. The molecule has 0 N–H and O–H groups in total. The highest BCUT2D eigenvalue weighted by Gasteiger charge is 2.10. The first kappa shape index (κ1) is 12.8. The predicted octanol–water partition coefficient (Wildman–Crippen LogP) is 1.86. The molecule has 1 aromatic rings. The van der Waals surface area contributed by atoms with Gasteiger partial charge in [-0.25, -0.2) is 0 Å². The highest BCUT2D eigenvalue weighted by molar-refractivity contribution is 7.80. The van der Waals surface area contributed by atoms with Crippen LogP contribution in [0, 0.1) is 10.1 Å². The Morgan fingerprint density at radius 3 is 2.75 bits per heavy atom. The van der Waals surface area contributed by atoms with E-state index in [1.807, 2.05) is 0 Å². The molecule has 0 atom stereocenters. The largest absolute Gasteiger partial charge is 0.348 e. The standard InChI is InChI=1S/C10H14N2O3S/c13-10-4-6-11(5-2-1-3-7-16)8-9(10)12(14)15/h4,6,8,16H,1-3,5,7H2. The van der Waals surface area contributed by atoms with E-state index in [-0.39, 0.29) is 5.69 Å². The van der Waals surface area contributed by atoms with E-state index in [1.165, 1.54) is 12.3 Å². The summed E-state index contributed by atoms with van der Waals surface area (Å²) in [6, 6.07) is 1.23. The predicted molar refractivity (Wildman–Crippen MR) is 65.1 cm³/mol. The summed E-state index contributed by atoms with van der Waals surface area (Å²) < 4.78 is 1.68. The maximum atomic E-state index is 11.1. The van der Waals surface area contributed by atoms with E-state index in [0.29, 0.717) is 6.54 Å². The number of unbranched alkanes of at least 4 members (excludes halogenated alkanes) is 2. The Morgan fingerprint density at radius 1 is 1.38 bits per heavy atom. The fraction of sp³-hybridized carbons (Fsp3) is 0.500. The molecule has 1 rings (SSSR count). The Hall–Kier alpha value is -1.30. The molecule has 0 saturated carbocycles. The van der Waals surface area contributed by atoms with Crippen molar-refractivity contribution >= 4 is 18.3 Å². The van der Waals surface area contributed by atoms with Gasteiger partial charge in [-0.05, 0) is 18.6 Å². The van der Waals surface area contributed by atoms with Crippen LogP contribution in [-0.2, 0) is 6.54 Å². The van der Waals surface area contributed by atoms with Crippen LogP contribution in [0.25, 0.3) is 0 Å². The van der Waals surface area contributed by atoms with Crippen molar-refractivity contribution in [1.29, 1.82) is 0 Å². The van der Waals surface area contributed by atoms with Crippen LogP contribution < -0.4 is 5.43 Å². The van der Waals surface area contributed by atoms with Gasteiger partial charge in [-0.2, -0.15) is 12.6 Å². The Bertz CT molecular complexity index is 417. The van der Waals surface area contributed by atoms with Crippen molar-refractivity contribution in [2.75, 3.05) is 5.75 Å². The maximum absolute atomic E-state index is 11.1. The van der Waals surface area contributed by atoms with Gasteiger partial charge in [0.15, 0.2) is 0 Å². The maximum Gasteiger partial charge on any atom is 0.332 e. The molecule has 0 saturated heterocycles.